The zero-order chi connectivity index (χ0) is 15.3. The lowest BCUT2D eigenvalue weighted by Gasteiger charge is -2.23. The molecule has 1 aliphatic rings. The Balaban J connectivity index is 2.22. The van der Waals surface area contributed by atoms with E-state index in [1.807, 2.05) is 6.92 Å². The molecule has 1 aliphatic heterocycles. The Hall–Kier alpha value is -1.02. The molecule has 0 unspecified atom stereocenters. The Labute approximate surface area is 124 Å². The second kappa shape index (κ2) is 7.31. The van der Waals surface area contributed by atoms with Crippen LogP contribution >= 0.6 is 0 Å². The molecule has 1 heterocycles. The molecule has 1 aromatic rings. The van der Waals surface area contributed by atoms with Gasteiger partial charge < -0.3 is 10.1 Å². The molecule has 0 spiro atoms. The molecule has 0 aliphatic carbocycles. The molecule has 0 atom stereocenters. The molecule has 7 heteroatoms. The van der Waals surface area contributed by atoms with E-state index in [0.717, 1.165) is 6.07 Å². The summed E-state index contributed by atoms with van der Waals surface area (Å²) in [6.45, 7) is 4.12. The van der Waals surface area contributed by atoms with Crippen LogP contribution in [0, 0.1) is 5.82 Å². The number of hydrogen-bond donors (Lipinski definition) is 2. The Morgan fingerprint density at radius 1 is 1.33 bits per heavy atom. The Bertz CT molecular complexity index is 572. The second-order valence-electron chi connectivity index (χ2n) is 5.04. The van der Waals surface area contributed by atoms with Crippen LogP contribution in [0.25, 0.3) is 0 Å². The maximum absolute atomic E-state index is 13.4. The highest BCUT2D eigenvalue weighted by molar-refractivity contribution is 7.89. The highest BCUT2D eigenvalue weighted by Crippen LogP contribution is 2.19. The number of benzene rings is 1. The van der Waals surface area contributed by atoms with Gasteiger partial charge in [-0.15, -0.1) is 0 Å². The topological polar surface area (TPSA) is 67.4 Å². The van der Waals surface area contributed by atoms with E-state index < -0.39 is 15.8 Å². The number of ether oxygens (including phenoxy) is 1. The zero-order valence-electron chi connectivity index (χ0n) is 12.1. The standard InChI is InChI=1S/C14H21FN2O3S/c1-2-16-10-11-3-4-12(15)9-14(11)21(18,19)17-13-5-7-20-8-6-13/h3-4,9,13,16-17H,2,5-8,10H2,1H3. The van der Waals surface area contributed by atoms with Crippen molar-refractivity contribution in [1.29, 1.82) is 0 Å². The van der Waals surface area contributed by atoms with Crippen molar-refractivity contribution >= 4 is 10.0 Å². The fourth-order valence-corrected chi connectivity index (χ4v) is 3.84. The van der Waals surface area contributed by atoms with Crippen LogP contribution in [0.4, 0.5) is 4.39 Å². The minimum absolute atomic E-state index is 0.00921. The molecule has 5 nitrogen and oxygen atoms in total. The predicted molar refractivity (Wildman–Crippen MR) is 77.9 cm³/mol. The third-order valence-electron chi connectivity index (χ3n) is 3.43. The first kappa shape index (κ1) is 16.4. The van der Waals surface area contributed by atoms with E-state index in [4.69, 9.17) is 4.74 Å². The fourth-order valence-electron chi connectivity index (χ4n) is 2.28. The van der Waals surface area contributed by atoms with Crippen LogP contribution in [-0.4, -0.2) is 34.2 Å². The highest BCUT2D eigenvalue weighted by atomic mass is 32.2. The number of halogens is 1. The van der Waals surface area contributed by atoms with E-state index >= 15 is 0 Å². The van der Waals surface area contributed by atoms with Crippen LogP contribution in [0.5, 0.6) is 0 Å². The van der Waals surface area contributed by atoms with Crippen LogP contribution in [0.15, 0.2) is 23.1 Å². The molecule has 1 fully saturated rings. The third kappa shape index (κ3) is 4.47. The molecule has 21 heavy (non-hydrogen) atoms. The fraction of sp³-hybridized carbons (Fsp3) is 0.571. The number of nitrogens with one attached hydrogen (secondary N) is 2. The molecule has 1 aromatic carbocycles. The van der Waals surface area contributed by atoms with E-state index in [1.165, 1.54) is 12.1 Å². The summed E-state index contributed by atoms with van der Waals surface area (Å²) in [5.74, 6) is -0.553. The molecule has 2 N–H and O–H groups in total. The Kier molecular flexibility index (Phi) is 5.69. The van der Waals surface area contributed by atoms with Crippen molar-refractivity contribution in [3.63, 3.8) is 0 Å². The van der Waals surface area contributed by atoms with Gasteiger partial charge in [0.15, 0.2) is 0 Å². The molecule has 0 amide bonds. The first-order valence-corrected chi connectivity index (χ1v) is 8.60. The largest absolute Gasteiger partial charge is 0.381 e. The maximum Gasteiger partial charge on any atom is 0.241 e. The summed E-state index contributed by atoms with van der Waals surface area (Å²) in [7, 11) is -3.73. The average Bonchev–Trinajstić information content (AvgIpc) is 2.46. The summed E-state index contributed by atoms with van der Waals surface area (Å²) < 4.78 is 46.3. The van der Waals surface area contributed by atoms with E-state index in [2.05, 4.69) is 10.0 Å². The highest BCUT2D eigenvalue weighted by Gasteiger charge is 2.24. The molecular weight excluding hydrogens is 295 g/mol. The van der Waals surface area contributed by atoms with Crippen molar-refractivity contribution in [3.8, 4) is 0 Å². The van der Waals surface area contributed by atoms with Crippen molar-refractivity contribution in [3.05, 3.63) is 29.6 Å². The minimum Gasteiger partial charge on any atom is -0.381 e. The minimum atomic E-state index is -3.73. The first-order chi connectivity index (χ1) is 10.0. The normalized spacial score (nSPS) is 17.0. The number of hydrogen-bond acceptors (Lipinski definition) is 4. The van der Waals surface area contributed by atoms with Crippen LogP contribution in [0.2, 0.25) is 0 Å². The van der Waals surface area contributed by atoms with Gasteiger partial charge in [-0.3, -0.25) is 0 Å². The Morgan fingerprint density at radius 3 is 2.71 bits per heavy atom. The monoisotopic (exact) mass is 316 g/mol. The van der Waals surface area contributed by atoms with Crippen molar-refractivity contribution in [2.45, 2.75) is 37.2 Å². The molecule has 2 rings (SSSR count). The van der Waals surface area contributed by atoms with Gasteiger partial charge in [0, 0.05) is 25.8 Å². The van der Waals surface area contributed by atoms with Crippen molar-refractivity contribution in [2.75, 3.05) is 19.8 Å². The third-order valence-corrected chi connectivity index (χ3v) is 5.03. The number of rotatable bonds is 6. The predicted octanol–water partition coefficient (Wildman–Crippen LogP) is 1.39. The molecule has 118 valence electrons. The summed E-state index contributed by atoms with van der Waals surface area (Å²) in [5, 5.41) is 3.07. The van der Waals surface area contributed by atoms with Gasteiger partial charge in [0.05, 0.1) is 4.90 Å². The van der Waals surface area contributed by atoms with Crippen LogP contribution < -0.4 is 10.0 Å². The number of sulfonamides is 1. The molecule has 0 saturated carbocycles. The van der Waals surface area contributed by atoms with Gasteiger partial charge in [0.25, 0.3) is 0 Å². The molecule has 0 radical (unpaired) electrons. The summed E-state index contributed by atoms with van der Waals surface area (Å²) in [5.41, 5.74) is 0.567. The Morgan fingerprint density at radius 2 is 2.05 bits per heavy atom. The smallest absolute Gasteiger partial charge is 0.241 e. The molecular formula is C14H21FN2O3S. The SMILES string of the molecule is CCNCc1ccc(F)cc1S(=O)(=O)NC1CCOCC1. The van der Waals surface area contributed by atoms with Gasteiger partial charge in [0.2, 0.25) is 10.0 Å². The lowest BCUT2D eigenvalue weighted by Crippen LogP contribution is -2.39. The summed E-state index contributed by atoms with van der Waals surface area (Å²) in [4.78, 5) is 0.00921. The van der Waals surface area contributed by atoms with E-state index in [0.29, 0.717) is 44.7 Å². The molecule has 0 aromatic heterocycles. The summed E-state index contributed by atoms with van der Waals surface area (Å²) in [6.07, 6.45) is 1.27. The zero-order valence-corrected chi connectivity index (χ0v) is 12.9. The lowest BCUT2D eigenvalue weighted by atomic mass is 10.1. The van der Waals surface area contributed by atoms with E-state index in [1.54, 1.807) is 0 Å². The summed E-state index contributed by atoms with van der Waals surface area (Å²) >= 11 is 0. The lowest BCUT2D eigenvalue weighted by molar-refractivity contribution is 0.0832. The van der Waals surface area contributed by atoms with Crippen LogP contribution in [0.1, 0.15) is 25.3 Å². The average molecular weight is 316 g/mol. The van der Waals surface area contributed by atoms with Crippen molar-refractivity contribution in [1.82, 2.24) is 10.0 Å². The van der Waals surface area contributed by atoms with Crippen LogP contribution in [-0.2, 0) is 21.3 Å². The quantitative estimate of drug-likeness (QED) is 0.832. The van der Waals surface area contributed by atoms with Gasteiger partial charge >= 0.3 is 0 Å². The van der Waals surface area contributed by atoms with Gasteiger partial charge in [-0.2, -0.15) is 0 Å². The van der Waals surface area contributed by atoms with Gasteiger partial charge in [-0.25, -0.2) is 17.5 Å². The maximum atomic E-state index is 13.4. The van der Waals surface area contributed by atoms with E-state index in [-0.39, 0.29) is 10.9 Å². The first-order valence-electron chi connectivity index (χ1n) is 7.12. The van der Waals surface area contributed by atoms with Crippen molar-refractivity contribution < 1.29 is 17.5 Å². The van der Waals surface area contributed by atoms with Gasteiger partial charge in [-0.1, -0.05) is 13.0 Å². The molecule has 1 saturated heterocycles. The summed E-state index contributed by atoms with van der Waals surface area (Å²) in [6, 6.07) is 3.71. The van der Waals surface area contributed by atoms with E-state index in [9.17, 15) is 12.8 Å². The molecule has 0 bridgehead atoms. The van der Waals surface area contributed by atoms with Crippen molar-refractivity contribution in [2.24, 2.45) is 0 Å². The second-order valence-corrected chi connectivity index (χ2v) is 6.72. The van der Waals surface area contributed by atoms with Crippen LogP contribution in [0.3, 0.4) is 0 Å². The van der Waals surface area contributed by atoms with Gasteiger partial charge in [-0.05, 0) is 37.1 Å². The van der Waals surface area contributed by atoms with Gasteiger partial charge in [0.1, 0.15) is 5.82 Å².